The van der Waals surface area contributed by atoms with E-state index < -0.39 is 0 Å². The molecule has 0 radical (unpaired) electrons. The van der Waals surface area contributed by atoms with Gasteiger partial charge >= 0.3 is 0 Å². The van der Waals surface area contributed by atoms with Gasteiger partial charge in [0.05, 0.1) is 6.61 Å². The van der Waals surface area contributed by atoms with Crippen LogP contribution in [0, 0.1) is 0 Å². The fraction of sp³-hybridized carbons (Fsp3) is 0.692. The molecule has 0 saturated carbocycles. The Labute approximate surface area is 113 Å². The van der Waals surface area contributed by atoms with Gasteiger partial charge in [0.15, 0.2) is 5.15 Å². The van der Waals surface area contributed by atoms with Gasteiger partial charge in [-0.25, -0.2) is 4.98 Å². The van der Waals surface area contributed by atoms with Gasteiger partial charge in [-0.1, -0.05) is 18.0 Å². The zero-order valence-corrected chi connectivity index (χ0v) is 11.3. The van der Waals surface area contributed by atoms with Crippen LogP contribution >= 0.6 is 11.6 Å². The summed E-state index contributed by atoms with van der Waals surface area (Å²) in [4.78, 5) is 8.10. The number of piperidine rings is 1. The lowest BCUT2D eigenvalue weighted by atomic mass is 10.0. The third-order valence-electron chi connectivity index (χ3n) is 3.22. The molecule has 5 heteroatoms. The minimum Gasteiger partial charge on any atom is -0.375 e. The van der Waals surface area contributed by atoms with Gasteiger partial charge in [-0.3, -0.25) is 4.98 Å². The quantitative estimate of drug-likeness (QED) is 0.807. The molecule has 1 aromatic heterocycles. The van der Waals surface area contributed by atoms with Crippen LogP contribution in [0.4, 0.5) is 0 Å². The maximum absolute atomic E-state index is 5.90. The molecule has 1 saturated heterocycles. The zero-order valence-electron chi connectivity index (χ0n) is 10.6. The largest absolute Gasteiger partial charge is 0.375 e. The second kappa shape index (κ2) is 7.67. The molecule has 2 rings (SSSR count). The van der Waals surface area contributed by atoms with E-state index in [1.807, 2.05) is 0 Å². The van der Waals surface area contributed by atoms with Crippen molar-refractivity contribution in [1.29, 1.82) is 0 Å². The fourth-order valence-corrected chi connectivity index (χ4v) is 2.38. The van der Waals surface area contributed by atoms with Gasteiger partial charge in [0.1, 0.15) is 5.69 Å². The number of rotatable bonds is 6. The van der Waals surface area contributed by atoms with Crippen molar-refractivity contribution in [2.45, 2.75) is 44.8 Å². The Balaban J connectivity index is 1.57. The predicted octanol–water partition coefficient (Wildman–Crippen LogP) is 2.57. The average Bonchev–Trinajstić information content (AvgIpc) is 2.42. The molecule has 0 unspecified atom stereocenters. The van der Waals surface area contributed by atoms with Crippen molar-refractivity contribution in [3.05, 3.63) is 23.2 Å². The van der Waals surface area contributed by atoms with E-state index in [9.17, 15) is 0 Å². The van der Waals surface area contributed by atoms with Crippen molar-refractivity contribution in [1.82, 2.24) is 15.3 Å². The number of ether oxygens (including phenoxy) is 1. The lowest BCUT2D eigenvalue weighted by Crippen LogP contribution is -2.33. The molecule has 1 fully saturated rings. The van der Waals surface area contributed by atoms with Crippen LogP contribution in [-0.4, -0.2) is 29.2 Å². The van der Waals surface area contributed by atoms with Gasteiger partial charge in [0, 0.05) is 25.0 Å². The Bertz CT molecular complexity index is 356. The van der Waals surface area contributed by atoms with Gasteiger partial charge in [-0.05, 0) is 32.2 Å². The van der Waals surface area contributed by atoms with Gasteiger partial charge in [0.2, 0.25) is 0 Å². The molecule has 0 aliphatic carbocycles. The highest BCUT2D eigenvalue weighted by atomic mass is 35.5. The van der Waals surface area contributed by atoms with Gasteiger partial charge < -0.3 is 10.1 Å². The summed E-state index contributed by atoms with van der Waals surface area (Å²) >= 11 is 5.90. The van der Waals surface area contributed by atoms with Crippen LogP contribution in [0.25, 0.3) is 0 Å². The van der Waals surface area contributed by atoms with Crippen LogP contribution in [0.2, 0.25) is 5.15 Å². The Morgan fingerprint density at radius 2 is 2.22 bits per heavy atom. The van der Waals surface area contributed by atoms with Crippen LogP contribution in [0.3, 0.4) is 0 Å². The van der Waals surface area contributed by atoms with E-state index >= 15 is 0 Å². The molecule has 1 atom stereocenters. The number of halogens is 1. The maximum Gasteiger partial charge on any atom is 0.152 e. The standard InChI is InChI=1S/C13H20ClN3O/c14-13-12(16-7-8-17-13)10-18-9-3-5-11-4-1-2-6-15-11/h7-8,11,15H,1-6,9-10H2/t11-/m0/s1. The van der Waals surface area contributed by atoms with Crippen molar-refractivity contribution >= 4 is 11.6 Å². The molecule has 0 aromatic carbocycles. The Morgan fingerprint density at radius 3 is 3.00 bits per heavy atom. The fourth-order valence-electron chi connectivity index (χ4n) is 2.22. The third kappa shape index (κ3) is 4.52. The Hall–Kier alpha value is -0.710. The molecule has 4 nitrogen and oxygen atoms in total. The van der Waals surface area contributed by atoms with Crippen molar-refractivity contribution in [3.63, 3.8) is 0 Å². The van der Waals surface area contributed by atoms with E-state index in [-0.39, 0.29) is 0 Å². The van der Waals surface area contributed by atoms with Crippen LogP contribution in [0.1, 0.15) is 37.8 Å². The first-order valence-corrected chi connectivity index (χ1v) is 7.00. The van der Waals surface area contributed by atoms with E-state index in [2.05, 4.69) is 15.3 Å². The first-order valence-electron chi connectivity index (χ1n) is 6.63. The summed E-state index contributed by atoms with van der Waals surface area (Å²) in [6.45, 7) is 2.37. The molecule has 100 valence electrons. The Kier molecular flexibility index (Phi) is 5.84. The zero-order chi connectivity index (χ0) is 12.6. The molecule has 0 spiro atoms. The first-order chi connectivity index (χ1) is 8.86. The van der Waals surface area contributed by atoms with Crippen LogP contribution < -0.4 is 5.32 Å². The number of hydrogen-bond donors (Lipinski definition) is 1. The van der Waals surface area contributed by atoms with Crippen molar-refractivity contribution in [2.75, 3.05) is 13.2 Å². The Morgan fingerprint density at radius 1 is 1.33 bits per heavy atom. The van der Waals surface area contributed by atoms with Crippen molar-refractivity contribution < 1.29 is 4.74 Å². The number of hydrogen-bond acceptors (Lipinski definition) is 4. The van der Waals surface area contributed by atoms with E-state index in [4.69, 9.17) is 16.3 Å². The molecule has 1 aliphatic rings. The van der Waals surface area contributed by atoms with Crippen molar-refractivity contribution in [3.8, 4) is 0 Å². The SMILES string of the molecule is Clc1nccnc1COCCC[C@@H]1CCCCN1. The smallest absolute Gasteiger partial charge is 0.152 e. The van der Waals surface area contributed by atoms with Crippen molar-refractivity contribution in [2.24, 2.45) is 0 Å². The second-order valence-electron chi connectivity index (χ2n) is 4.64. The minimum atomic E-state index is 0.437. The molecule has 1 aromatic rings. The summed E-state index contributed by atoms with van der Waals surface area (Å²) in [5.74, 6) is 0. The summed E-state index contributed by atoms with van der Waals surface area (Å²) in [5.41, 5.74) is 0.718. The average molecular weight is 270 g/mol. The lowest BCUT2D eigenvalue weighted by Gasteiger charge is -2.23. The predicted molar refractivity (Wildman–Crippen MR) is 71.6 cm³/mol. The summed E-state index contributed by atoms with van der Waals surface area (Å²) in [6.07, 6.45) is 9.46. The second-order valence-corrected chi connectivity index (χ2v) is 4.99. The molecular formula is C13H20ClN3O. The van der Waals surface area contributed by atoms with E-state index in [0.717, 1.165) is 18.7 Å². The summed E-state index contributed by atoms with van der Waals surface area (Å²) < 4.78 is 5.58. The highest BCUT2D eigenvalue weighted by molar-refractivity contribution is 6.29. The molecule has 1 aliphatic heterocycles. The van der Waals surface area contributed by atoms with E-state index in [0.29, 0.717) is 17.8 Å². The normalized spacial score (nSPS) is 19.9. The molecule has 2 heterocycles. The third-order valence-corrected chi connectivity index (χ3v) is 3.53. The van der Waals surface area contributed by atoms with E-state index in [1.54, 1.807) is 12.4 Å². The molecule has 18 heavy (non-hydrogen) atoms. The monoisotopic (exact) mass is 269 g/mol. The van der Waals surface area contributed by atoms with Crippen LogP contribution in [0.15, 0.2) is 12.4 Å². The van der Waals surface area contributed by atoms with Crippen LogP contribution in [0.5, 0.6) is 0 Å². The van der Waals surface area contributed by atoms with Gasteiger partial charge in [-0.15, -0.1) is 0 Å². The number of nitrogens with zero attached hydrogens (tertiary/aromatic N) is 2. The molecule has 1 N–H and O–H groups in total. The molecular weight excluding hydrogens is 250 g/mol. The number of aromatic nitrogens is 2. The maximum atomic E-state index is 5.90. The molecule has 0 bridgehead atoms. The topological polar surface area (TPSA) is 47.0 Å². The minimum absolute atomic E-state index is 0.437. The highest BCUT2D eigenvalue weighted by Gasteiger charge is 2.11. The van der Waals surface area contributed by atoms with E-state index in [1.165, 1.54) is 32.2 Å². The lowest BCUT2D eigenvalue weighted by molar-refractivity contribution is 0.111. The summed E-state index contributed by atoms with van der Waals surface area (Å²) in [6, 6.07) is 0.683. The van der Waals surface area contributed by atoms with Gasteiger partial charge in [-0.2, -0.15) is 0 Å². The van der Waals surface area contributed by atoms with Gasteiger partial charge in [0.25, 0.3) is 0 Å². The highest BCUT2D eigenvalue weighted by Crippen LogP contribution is 2.13. The number of nitrogens with one attached hydrogen (secondary N) is 1. The molecule has 0 amide bonds. The van der Waals surface area contributed by atoms with Crippen LogP contribution in [-0.2, 0) is 11.3 Å². The summed E-state index contributed by atoms with van der Waals surface area (Å²) in [7, 11) is 0. The summed E-state index contributed by atoms with van der Waals surface area (Å²) in [5, 5.41) is 3.97. The first kappa shape index (κ1) is 13.7.